The molecule has 2 amide bonds. The van der Waals surface area contributed by atoms with E-state index in [1.807, 2.05) is 29.8 Å². The summed E-state index contributed by atoms with van der Waals surface area (Å²) in [6.07, 6.45) is 2.18. The molecule has 4 aromatic rings. The fraction of sp³-hybridized carbons (Fsp3) is 0.276. The lowest BCUT2D eigenvalue weighted by molar-refractivity contribution is 0.259. The quantitative estimate of drug-likeness (QED) is 0.250. The molecule has 1 aliphatic rings. The number of carbonyl (C=O) groups is 1. The van der Waals surface area contributed by atoms with Gasteiger partial charge >= 0.3 is 6.03 Å². The van der Waals surface area contributed by atoms with E-state index < -0.39 is 11.8 Å². The number of ether oxygens (including phenoxy) is 1. The predicted molar refractivity (Wildman–Crippen MR) is 156 cm³/mol. The number of hydrogen-bond acceptors (Lipinski definition) is 5. The maximum absolute atomic E-state index is 15.2. The minimum absolute atomic E-state index is 0.00759. The SMILES string of the molecule is Cc1cccc(OCC(C)C)c1-n1nc2c(c1-c1ccc(NC(N)=O)c(F)c1)CN(c1ncc(Cl)cc1Cl)CC2. The van der Waals surface area contributed by atoms with E-state index in [-0.39, 0.29) is 5.69 Å². The predicted octanol–water partition coefficient (Wildman–Crippen LogP) is 6.78. The Morgan fingerprint density at radius 1 is 1.23 bits per heavy atom. The van der Waals surface area contributed by atoms with Gasteiger partial charge in [0.25, 0.3) is 0 Å². The molecule has 0 saturated heterocycles. The van der Waals surface area contributed by atoms with Crippen LogP contribution in [-0.4, -0.2) is 33.9 Å². The molecule has 3 heterocycles. The van der Waals surface area contributed by atoms with Crippen LogP contribution in [0.1, 0.15) is 30.7 Å². The maximum atomic E-state index is 15.2. The number of primary amides is 1. The number of halogens is 3. The van der Waals surface area contributed by atoms with E-state index >= 15 is 4.39 Å². The number of rotatable bonds is 7. The van der Waals surface area contributed by atoms with Crippen molar-refractivity contribution in [3.8, 4) is 22.7 Å². The number of benzene rings is 2. The third-order valence-electron chi connectivity index (χ3n) is 6.61. The van der Waals surface area contributed by atoms with Crippen molar-refractivity contribution in [3.63, 3.8) is 0 Å². The van der Waals surface area contributed by atoms with Crippen LogP contribution in [-0.2, 0) is 13.0 Å². The topological polar surface area (TPSA) is 98.3 Å². The number of anilines is 2. The normalized spacial score (nSPS) is 12.9. The summed E-state index contributed by atoms with van der Waals surface area (Å²) in [6.45, 7) is 7.77. The Kier molecular flexibility index (Phi) is 7.87. The average molecular weight is 583 g/mol. The monoisotopic (exact) mass is 582 g/mol. The van der Waals surface area contributed by atoms with E-state index in [1.165, 1.54) is 12.1 Å². The van der Waals surface area contributed by atoms with Crippen molar-refractivity contribution < 1.29 is 13.9 Å². The van der Waals surface area contributed by atoms with Gasteiger partial charge in [-0.2, -0.15) is 5.10 Å². The number of hydrogen-bond donors (Lipinski definition) is 2. The first-order valence-electron chi connectivity index (χ1n) is 12.9. The second-order valence-corrected chi connectivity index (χ2v) is 11.0. The van der Waals surface area contributed by atoms with Crippen LogP contribution in [0.5, 0.6) is 5.75 Å². The minimum atomic E-state index is -0.844. The molecule has 0 spiro atoms. The Bertz CT molecular complexity index is 1590. The smallest absolute Gasteiger partial charge is 0.316 e. The molecular formula is C29H29Cl2FN6O2. The van der Waals surface area contributed by atoms with Crippen molar-refractivity contribution in [1.82, 2.24) is 14.8 Å². The number of amides is 2. The molecule has 0 atom stereocenters. The number of urea groups is 1. The average Bonchev–Trinajstić information content (AvgIpc) is 3.26. The Labute approximate surface area is 241 Å². The molecule has 0 aliphatic carbocycles. The summed E-state index contributed by atoms with van der Waals surface area (Å²) < 4.78 is 23.2. The largest absolute Gasteiger partial charge is 0.491 e. The number of nitrogens with one attached hydrogen (secondary N) is 1. The molecule has 0 unspecified atom stereocenters. The molecule has 2 aromatic heterocycles. The first-order chi connectivity index (χ1) is 19.1. The van der Waals surface area contributed by atoms with E-state index in [0.29, 0.717) is 64.9 Å². The highest BCUT2D eigenvalue weighted by Gasteiger charge is 2.29. The molecular weight excluding hydrogens is 554 g/mol. The summed E-state index contributed by atoms with van der Waals surface area (Å²) in [7, 11) is 0. The molecule has 1 aliphatic heterocycles. The maximum Gasteiger partial charge on any atom is 0.316 e. The summed E-state index contributed by atoms with van der Waals surface area (Å²) in [5.41, 5.74) is 10.0. The molecule has 11 heteroatoms. The molecule has 0 bridgehead atoms. The number of carbonyl (C=O) groups excluding carboxylic acids is 1. The number of nitrogens with zero attached hydrogens (tertiary/aromatic N) is 4. The van der Waals surface area contributed by atoms with E-state index in [2.05, 4.69) is 29.0 Å². The van der Waals surface area contributed by atoms with E-state index in [4.69, 9.17) is 38.8 Å². The van der Waals surface area contributed by atoms with Gasteiger partial charge in [0.2, 0.25) is 0 Å². The van der Waals surface area contributed by atoms with Crippen LogP contribution in [0.15, 0.2) is 48.7 Å². The number of para-hydroxylation sites is 1. The molecule has 0 radical (unpaired) electrons. The Morgan fingerprint density at radius 2 is 2.02 bits per heavy atom. The van der Waals surface area contributed by atoms with Crippen LogP contribution in [0, 0.1) is 18.7 Å². The van der Waals surface area contributed by atoms with Crippen molar-refractivity contribution in [2.24, 2.45) is 11.7 Å². The van der Waals surface area contributed by atoms with Crippen LogP contribution in [0.25, 0.3) is 16.9 Å². The summed E-state index contributed by atoms with van der Waals surface area (Å²) >= 11 is 12.6. The molecule has 2 aromatic carbocycles. The number of aromatic nitrogens is 3. The molecule has 0 saturated carbocycles. The summed E-state index contributed by atoms with van der Waals surface area (Å²) in [5.74, 6) is 0.998. The van der Waals surface area contributed by atoms with Gasteiger partial charge in [-0.15, -0.1) is 0 Å². The molecule has 8 nitrogen and oxygen atoms in total. The minimum Gasteiger partial charge on any atom is -0.491 e. The van der Waals surface area contributed by atoms with Gasteiger partial charge in [-0.05, 0) is 42.7 Å². The second-order valence-electron chi connectivity index (χ2n) is 10.1. The highest BCUT2D eigenvalue weighted by molar-refractivity contribution is 6.36. The summed E-state index contributed by atoms with van der Waals surface area (Å²) in [4.78, 5) is 17.9. The molecule has 40 heavy (non-hydrogen) atoms. The zero-order valence-corrected chi connectivity index (χ0v) is 23.9. The van der Waals surface area contributed by atoms with Crippen LogP contribution in [0.2, 0.25) is 10.0 Å². The van der Waals surface area contributed by atoms with E-state index in [0.717, 1.165) is 22.5 Å². The fourth-order valence-corrected chi connectivity index (χ4v) is 5.33. The molecule has 3 N–H and O–H groups in total. The second kappa shape index (κ2) is 11.3. The standard InChI is InChI=1S/C29H29Cl2FN6O2/c1-16(2)15-40-25-6-4-5-17(3)26(25)38-27(18-7-8-24(22(32)11-18)35-29(33)39)20-14-37(10-9-23(20)36-38)28-21(31)12-19(30)13-34-28/h4-8,11-13,16H,9-10,14-15H2,1-3H3,(H3,33,35,39). The van der Waals surface area contributed by atoms with Gasteiger partial charge in [0, 0.05) is 36.8 Å². The van der Waals surface area contributed by atoms with Crippen molar-refractivity contribution >= 4 is 40.7 Å². The number of nitrogens with two attached hydrogens (primary N) is 1. The van der Waals surface area contributed by atoms with Crippen LogP contribution < -0.4 is 20.7 Å². The van der Waals surface area contributed by atoms with Crippen LogP contribution >= 0.6 is 23.2 Å². The Balaban J connectivity index is 1.68. The number of fused-ring (bicyclic) bond motifs is 1. The first-order valence-corrected chi connectivity index (χ1v) is 13.6. The third-order valence-corrected chi connectivity index (χ3v) is 7.09. The van der Waals surface area contributed by atoms with Crippen molar-refractivity contribution in [3.05, 3.63) is 81.3 Å². The van der Waals surface area contributed by atoms with Gasteiger partial charge < -0.3 is 20.7 Å². The third kappa shape index (κ3) is 5.57. The van der Waals surface area contributed by atoms with Crippen molar-refractivity contribution in [1.29, 1.82) is 0 Å². The highest BCUT2D eigenvalue weighted by Crippen LogP contribution is 2.39. The first kappa shape index (κ1) is 27.7. The van der Waals surface area contributed by atoms with Gasteiger partial charge in [-0.25, -0.2) is 18.9 Å². The zero-order valence-electron chi connectivity index (χ0n) is 22.3. The van der Waals surface area contributed by atoms with E-state index in [1.54, 1.807) is 18.3 Å². The molecule has 208 valence electrons. The highest BCUT2D eigenvalue weighted by atomic mass is 35.5. The number of pyridine rings is 1. The number of aryl methyl sites for hydroxylation is 1. The molecule has 5 rings (SSSR count). The van der Waals surface area contributed by atoms with Gasteiger partial charge in [0.15, 0.2) is 0 Å². The Hall–Kier alpha value is -3.82. The van der Waals surface area contributed by atoms with Crippen molar-refractivity contribution in [2.75, 3.05) is 23.4 Å². The van der Waals surface area contributed by atoms with Gasteiger partial charge in [-0.1, -0.05) is 55.2 Å². The molecule has 0 fully saturated rings. The van der Waals surface area contributed by atoms with Crippen LogP contribution in [0.3, 0.4) is 0 Å². The summed E-state index contributed by atoms with van der Waals surface area (Å²) in [6, 6.07) is 11.3. The lowest BCUT2D eigenvalue weighted by atomic mass is 10.00. The fourth-order valence-electron chi connectivity index (χ4n) is 4.83. The lowest BCUT2D eigenvalue weighted by Gasteiger charge is -2.28. The zero-order chi connectivity index (χ0) is 28.6. The Morgan fingerprint density at radius 3 is 2.73 bits per heavy atom. The lowest BCUT2D eigenvalue weighted by Crippen LogP contribution is -2.31. The van der Waals surface area contributed by atoms with Gasteiger partial charge in [0.1, 0.15) is 23.1 Å². The van der Waals surface area contributed by atoms with Gasteiger partial charge in [-0.3, -0.25) is 0 Å². The van der Waals surface area contributed by atoms with Gasteiger partial charge in [0.05, 0.1) is 33.7 Å². The van der Waals surface area contributed by atoms with Crippen LogP contribution in [0.4, 0.5) is 20.7 Å². The van der Waals surface area contributed by atoms with E-state index in [9.17, 15) is 4.79 Å². The summed E-state index contributed by atoms with van der Waals surface area (Å²) in [5, 5.41) is 8.25. The van der Waals surface area contributed by atoms with Crippen molar-refractivity contribution in [2.45, 2.75) is 33.7 Å².